The van der Waals surface area contributed by atoms with Crippen LogP contribution in [0.1, 0.15) is 33.6 Å². The lowest BCUT2D eigenvalue weighted by atomic mass is 10.00. The molecule has 0 amide bonds. The van der Waals surface area contributed by atoms with E-state index in [1.807, 2.05) is 0 Å². The molecule has 70 valence electrons. The highest BCUT2D eigenvalue weighted by atomic mass is 14.1. The minimum Gasteiger partial charge on any atom is -0.0998 e. The van der Waals surface area contributed by atoms with Gasteiger partial charge in [0.05, 0.1) is 0 Å². The van der Waals surface area contributed by atoms with Gasteiger partial charge in [0.15, 0.2) is 0 Å². The Kier molecular flexibility index (Phi) is 3.30. The molecule has 0 aromatic heterocycles. The van der Waals surface area contributed by atoms with Gasteiger partial charge in [-0.3, -0.25) is 0 Å². The van der Waals surface area contributed by atoms with Crippen molar-refractivity contribution in [2.75, 3.05) is 0 Å². The number of allylic oxidation sites excluding steroid dienone is 7. The Bertz CT molecular complexity index is 298. The largest absolute Gasteiger partial charge is 0.0998 e. The normalized spacial score (nSPS) is 17.0. The van der Waals surface area contributed by atoms with Crippen LogP contribution in [0.5, 0.6) is 0 Å². The highest BCUT2D eigenvalue weighted by Gasteiger charge is 2.02. The molecule has 0 aliphatic heterocycles. The van der Waals surface area contributed by atoms with Gasteiger partial charge in [-0.1, -0.05) is 36.0 Å². The summed E-state index contributed by atoms with van der Waals surface area (Å²) in [5.74, 6) is 0. The first-order valence-corrected chi connectivity index (χ1v) is 4.78. The number of hydrogen-bond donors (Lipinski definition) is 0. The lowest BCUT2D eigenvalue weighted by Gasteiger charge is -2.06. The molecule has 0 aromatic rings. The average Bonchev–Trinajstić information content (AvgIpc) is 2.13. The molecule has 0 heteroatoms. The fourth-order valence-corrected chi connectivity index (χ4v) is 1.58. The molecule has 0 atom stereocenters. The third-order valence-corrected chi connectivity index (χ3v) is 2.25. The third-order valence-electron chi connectivity index (χ3n) is 2.25. The zero-order chi connectivity index (χ0) is 9.84. The summed E-state index contributed by atoms with van der Waals surface area (Å²) in [5.41, 5.74) is 5.42. The van der Waals surface area contributed by atoms with Crippen LogP contribution in [0.25, 0.3) is 0 Å². The van der Waals surface area contributed by atoms with Crippen LogP contribution in [-0.4, -0.2) is 0 Å². The molecule has 1 rings (SSSR count). The van der Waals surface area contributed by atoms with Gasteiger partial charge >= 0.3 is 0 Å². The maximum absolute atomic E-state index is 3.95. The van der Waals surface area contributed by atoms with Gasteiger partial charge in [-0.05, 0) is 44.8 Å². The van der Waals surface area contributed by atoms with Crippen LogP contribution < -0.4 is 0 Å². The lowest BCUT2D eigenvalue weighted by Crippen LogP contribution is -1.86. The lowest BCUT2D eigenvalue weighted by molar-refractivity contribution is 1.10. The molecule has 0 saturated heterocycles. The Morgan fingerprint density at radius 1 is 1.38 bits per heavy atom. The fraction of sp³-hybridized carbons (Fsp3) is 0.385. The predicted octanol–water partition coefficient (Wildman–Crippen LogP) is 4.18. The van der Waals surface area contributed by atoms with Crippen LogP contribution in [0.4, 0.5) is 0 Å². The molecular weight excluding hydrogens is 156 g/mol. The number of rotatable bonds is 2. The first-order valence-electron chi connectivity index (χ1n) is 4.78. The Hall–Kier alpha value is -1.04. The maximum atomic E-state index is 3.95. The molecule has 0 saturated carbocycles. The fourth-order valence-electron chi connectivity index (χ4n) is 1.58. The van der Waals surface area contributed by atoms with E-state index in [2.05, 4.69) is 45.6 Å². The molecule has 0 bridgehead atoms. The zero-order valence-corrected chi connectivity index (χ0v) is 8.85. The van der Waals surface area contributed by atoms with E-state index in [-0.39, 0.29) is 0 Å². The van der Waals surface area contributed by atoms with Crippen molar-refractivity contribution in [1.82, 2.24) is 0 Å². The molecule has 1 aliphatic rings. The summed E-state index contributed by atoms with van der Waals surface area (Å²) in [6, 6.07) is 0. The van der Waals surface area contributed by atoms with Crippen LogP contribution in [0.2, 0.25) is 0 Å². The van der Waals surface area contributed by atoms with Crippen molar-refractivity contribution in [2.24, 2.45) is 0 Å². The van der Waals surface area contributed by atoms with E-state index in [1.54, 1.807) is 0 Å². The van der Waals surface area contributed by atoms with Gasteiger partial charge in [-0.25, -0.2) is 0 Å². The summed E-state index contributed by atoms with van der Waals surface area (Å²) < 4.78 is 0. The molecule has 0 fully saturated rings. The van der Waals surface area contributed by atoms with Crippen LogP contribution in [0, 0.1) is 0 Å². The topological polar surface area (TPSA) is 0 Å². The summed E-state index contributed by atoms with van der Waals surface area (Å²) in [5, 5.41) is 0. The van der Waals surface area contributed by atoms with Gasteiger partial charge in [0.25, 0.3) is 0 Å². The van der Waals surface area contributed by atoms with E-state index in [0.717, 1.165) is 12.8 Å². The van der Waals surface area contributed by atoms with E-state index in [0.29, 0.717) is 0 Å². The molecule has 1 aliphatic carbocycles. The highest BCUT2D eigenvalue weighted by Crippen LogP contribution is 2.22. The van der Waals surface area contributed by atoms with Gasteiger partial charge in [0.1, 0.15) is 0 Å². The molecule has 0 spiro atoms. The van der Waals surface area contributed by atoms with Crippen LogP contribution in [0.15, 0.2) is 47.1 Å². The van der Waals surface area contributed by atoms with Crippen molar-refractivity contribution in [3.63, 3.8) is 0 Å². The number of hydrogen-bond acceptors (Lipinski definition) is 0. The maximum Gasteiger partial charge on any atom is -0.00730 e. The minimum atomic E-state index is 1.02. The first-order chi connectivity index (χ1) is 6.09. The average molecular weight is 174 g/mol. The standard InChI is InChI=1S/C13H18/c1-10(2)8-13-7-5-6-11(3)9-12(13)4/h6-7,9H,1,5,8H2,2-4H3. The van der Waals surface area contributed by atoms with Crippen LogP contribution in [-0.2, 0) is 0 Å². The third kappa shape index (κ3) is 3.06. The summed E-state index contributed by atoms with van der Waals surface area (Å²) in [4.78, 5) is 0. The quantitative estimate of drug-likeness (QED) is 0.551. The second-order valence-electron chi connectivity index (χ2n) is 3.87. The molecule has 0 aromatic carbocycles. The van der Waals surface area contributed by atoms with Gasteiger partial charge in [0.2, 0.25) is 0 Å². The Labute approximate surface area is 81.4 Å². The van der Waals surface area contributed by atoms with E-state index < -0.39 is 0 Å². The molecule has 13 heavy (non-hydrogen) atoms. The van der Waals surface area contributed by atoms with Crippen molar-refractivity contribution < 1.29 is 0 Å². The van der Waals surface area contributed by atoms with E-state index in [1.165, 1.54) is 22.3 Å². The Morgan fingerprint density at radius 2 is 2.08 bits per heavy atom. The van der Waals surface area contributed by atoms with Gasteiger partial charge in [-0.2, -0.15) is 0 Å². The van der Waals surface area contributed by atoms with Crippen LogP contribution >= 0.6 is 0 Å². The molecular formula is C13H18. The van der Waals surface area contributed by atoms with Crippen molar-refractivity contribution in [3.8, 4) is 0 Å². The molecule has 0 unspecified atom stereocenters. The summed E-state index contributed by atoms with van der Waals surface area (Å²) in [6.07, 6.45) is 8.89. The SMILES string of the molecule is C=C(C)CC1=CCC=C(C)C=C1C. The van der Waals surface area contributed by atoms with Crippen LogP contribution in [0.3, 0.4) is 0 Å². The van der Waals surface area contributed by atoms with Gasteiger partial charge in [-0.15, -0.1) is 0 Å². The van der Waals surface area contributed by atoms with E-state index in [4.69, 9.17) is 0 Å². The van der Waals surface area contributed by atoms with Crippen molar-refractivity contribution >= 4 is 0 Å². The summed E-state index contributed by atoms with van der Waals surface area (Å²) in [7, 11) is 0. The van der Waals surface area contributed by atoms with Gasteiger partial charge < -0.3 is 0 Å². The zero-order valence-electron chi connectivity index (χ0n) is 8.85. The first kappa shape index (κ1) is 10.0. The van der Waals surface area contributed by atoms with E-state index in [9.17, 15) is 0 Å². The Balaban J connectivity index is 2.82. The van der Waals surface area contributed by atoms with Crippen molar-refractivity contribution in [3.05, 3.63) is 47.1 Å². The summed E-state index contributed by atoms with van der Waals surface area (Å²) in [6.45, 7) is 10.4. The van der Waals surface area contributed by atoms with Gasteiger partial charge in [0, 0.05) is 0 Å². The molecule has 0 N–H and O–H groups in total. The smallest absolute Gasteiger partial charge is 0.00730 e. The van der Waals surface area contributed by atoms with E-state index >= 15 is 0 Å². The van der Waals surface area contributed by atoms with Crippen molar-refractivity contribution in [1.29, 1.82) is 0 Å². The minimum absolute atomic E-state index is 1.02. The monoisotopic (exact) mass is 174 g/mol. The highest BCUT2D eigenvalue weighted by molar-refractivity contribution is 5.40. The summed E-state index contributed by atoms with van der Waals surface area (Å²) >= 11 is 0. The molecule has 0 heterocycles. The second-order valence-corrected chi connectivity index (χ2v) is 3.87. The Morgan fingerprint density at radius 3 is 2.69 bits per heavy atom. The van der Waals surface area contributed by atoms with Crippen molar-refractivity contribution in [2.45, 2.75) is 33.6 Å². The predicted molar refractivity (Wildman–Crippen MR) is 59.6 cm³/mol. The second kappa shape index (κ2) is 4.27. The molecule has 0 nitrogen and oxygen atoms in total. The molecule has 0 radical (unpaired) electrons.